The number of aromatic nitrogens is 5. The predicted molar refractivity (Wildman–Crippen MR) is 123 cm³/mol. The Morgan fingerprint density at radius 1 is 1.41 bits per heavy atom. The topological polar surface area (TPSA) is 94.2 Å². The molecule has 1 aliphatic heterocycles. The van der Waals surface area contributed by atoms with E-state index >= 15 is 0 Å². The van der Waals surface area contributed by atoms with Gasteiger partial charge >= 0.3 is 0 Å². The Morgan fingerprint density at radius 2 is 2.24 bits per heavy atom. The van der Waals surface area contributed by atoms with E-state index in [9.17, 15) is 0 Å². The van der Waals surface area contributed by atoms with Crippen molar-refractivity contribution in [3.63, 3.8) is 0 Å². The fraction of sp³-hybridized carbons (Fsp3) is 0.684. The van der Waals surface area contributed by atoms with E-state index < -0.39 is 0 Å². The summed E-state index contributed by atoms with van der Waals surface area (Å²) in [7, 11) is 1.66. The zero-order chi connectivity index (χ0) is 19.9. The van der Waals surface area contributed by atoms with Gasteiger partial charge in [-0.3, -0.25) is 0 Å². The SMILES string of the molecule is CCNC(=NCc1nccn1CC(C)C)NC1CCc2nc(COC)nn2C1.I. The number of guanidine groups is 1. The Bertz CT molecular complexity index is 785. The van der Waals surface area contributed by atoms with Crippen LogP contribution < -0.4 is 10.6 Å². The molecule has 1 atom stereocenters. The first kappa shape index (κ1) is 23.6. The van der Waals surface area contributed by atoms with Crippen LogP contribution in [0.15, 0.2) is 17.4 Å². The third-order valence-electron chi connectivity index (χ3n) is 4.60. The van der Waals surface area contributed by atoms with Gasteiger partial charge in [0.05, 0.1) is 6.54 Å². The van der Waals surface area contributed by atoms with Crippen molar-refractivity contribution in [1.82, 2.24) is 34.9 Å². The Kier molecular flexibility index (Phi) is 9.34. The molecule has 29 heavy (non-hydrogen) atoms. The van der Waals surface area contributed by atoms with Crippen molar-refractivity contribution in [2.45, 2.75) is 65.9 Å². The number of fused-ring (bicyclic) bond motifs is 1. The van der Waals surface area contributed by atoms with Crippen LogP contribution in [0.25, 0.3) is 0 Å². The van der Waals surface area contributed by atoms with Crippen molar-refractivity contribution in [2.75, 3.05) is 13.7 Å². The van der Waals surface area contributed by atoms with Gasteiger partial charge in [0.1, 0.15) is 24.8 Å². The number of rotatable bonds is 8. The van der Waals surface area contributed by atoms with E-state index in [4.69, 9.17) is 9.73 Å². The second-order valence-electron chi connectivity index (χ2n) is 7.52. The molecule has 0 spiro atoms. The fourth-order valence-corrected chi connectivity index (χ4v) is 3.38. The third-order valence-corrected chi connectivity index (χ3v) is 4.60. The zero-order valence-corrected chi connectivity index (χ0v) is 20.1. The maximum Gasteiger partial charge on any atom is 0.191 e. The molecule has 162 valence electrons. The molecule has 0 saturated carbocycles. The molecule has 0 aliphatic carbocycles. The van der Waals surface area contributed by atoms with Crippen LogP contribution in [0.5, 0.6) is 0 Å². The number of nitrogens with one attached hydrogen (secondary N) is 2. The zero-order valence-electron chi connectivity index (χ0n) is 17.8. The second kappa shape index (κ2) is 11.5. The van der Waals surface area contributed by atoms with Crippen LogP contribution in [-0.4, -0.2) is 50.0 Å². The van der Waals surface area contributed by atoms with Crippen molar-refractivity contribution in [3.05, 3.63) is 29.9 Å². The minimum atomic E-state index is 0. The lowest BCUT2D eigenvalue weighted by Crippen LogP contribution is -2.47. The van der Waals surface area contributed by atoms with E-state index in [1.807, 2.05) is 17.1 Å². The van der Waals surface area contributed by atoms with Gasteiger partial charge in [0.25, 0.3) is 0 Å². The standard InChI is InChI=1S/C19H32N8O.HI/c1-5-20-19(22-10-18-21-8-9-26(18)11-14(2)3)23-15-6-7-17-24-16(13-28-4)25-27(17)12-15;/h8-9,14-15H,5-7,10-13H2,1-4H3,(H2,20,22,23);1H. The summed E-state index contributed by atoms with van der Waals surface area (Å²) in [5, 5.41) is 11.4. The molecule has 9 nitrogen and oxygen atoms in total. The van der Waals surface area contributed by atoms with E-state index in [0.717, 1.165) is 55.9 Å². The van der Waals surface area contributed by atoms with Gasteiger partial charge in [-0.05, 0) is 19.3 Å². The number of hydrogen-bond donors (Lipinski definition) is 2. The van der Waals surface area contributed by atoms with E-state index in [1.54, 1.807) is 7.11 Å². The van der Waals surface area contributed by atoms with Crippen LogP contribution in [0.2, 0.25) is 0 Å². The summed E-state index contributed by atoms with van der Waals surface area (Å²) in [4.78, 5) is 13.8. The van der Waals surface area contributed by atoms with E-state index in [-0.39, 0.29) is 30.0 Å². The van der Waals surface area contributed by atoms with Crippen molar-refractivity contribution in [2.24, 2.45) is 10.9 Å². The molecule has 1 aliphatic rings. The van der Waals surface area contributed by atoms with Gasteiger partial charge < -0.3 is 19.9 Å². The maximum absolute atomic E-state index is 5.14. The first-order valence-electron chi connectivity index (χ1n) is 10.1. The van der Waals surface area contributed by atoms with Crippen molar-refractivity contribution < 1.29 is 4.74 Å². The van der Waals surface area contributed by atoms with Gasteiger partial charge in [-0.1, -0.05) is 13.8 Å². The molecule has 10 heteroatoms. The summed E-state index contributed by atoms with van der Waals surface area (Å²) in [6.45, 7) is 10.0. The Morgan fingerprint density at radius 3 is 2.97 bits per heavy atom. The lowest BCUT2D eigenvalue weighted by Gasteiger charge is -2.25. The van der Waals surface area contributed by atoms with Crippen molar-refractivity contribution in [3.8, 4) is 0 Å². The van der Waals surface area contributed by atoms with Gasteiger partial charge in [0.15, 0.2) is 11.8 Å². The molecular weight excluding hydrogens is 483 g/mol. The highest BCUT2D eigenvalue weighted by Gasteiger charge is 2.22. The minimum Gasteiger partial charge on any atom is -0.377 e. The van der Waals surface area contributed by atoms with Crippen LogP contribution >= 0.6 is 24.0 Å². The largest absolute Gasteiger partial charge is 0.377 e. The van der Waals surface area contributed by atoms with Crippen LogP contribution in [0.1, 0.15) is 44.7 Å². The number of methoxy groups -OCH3 is 1. The monoisotopic (exact) mass is 516 g/mol. The summed E-state index contributed by atoms with van der Waals surface area (Å²) in [6, 6.07) is 0.262. The molecule has 1 unspecified atom stereocenters. The first-order chi connectivity index (χ1) is 13.6. The molecule has 3 heterocycles. The molecule has 0 radical (unpaired) electrons. The Labute approximate surface area is 189 Å². The smallest absolute Gasteiger partial charge is 0.191 e. The number of hydrogen-bond acceptors (Lipinski definition) is 5. The van der Waals surface area contributed by atoms with E-state index in [1.165, 1.54) is 0 Å². The van der Waals surface area contributed by atoms with Crippen molar-refractivity contribution >= 4 is 29.9 Å². The lowest BCUT2D eigenvalue weighted by atomic mass is 10.1. The molecule has 0 fully saturated rings. The van der Waals surface area contributed by atoms with Crippen LogP contribution in [-0.2, 0) is 37.4 Å². The highest BCUT2D eigenvalue weighted by Crippen LogP contribution is 2.13. The van der Waals surface area contributed by atoms with Crippen LogP contribution in [0.3, 0.4) is 0 Å². The van der Waals surface area contributed by atoms with Gasteiger partial charge in [0, 0.05) is 45.1 Å². The summed E-state index contributed by atoms with van der Waals surface area (Å²) in [6.07, 6.45) is 5.76. The lowest BCUT2D eigenvalue weighted by molar-refractivity contribution is 0.177. The predicted octanol–water partition coefficient (Wildman–Crippen LogP) is 1.97. The van der Waals surface area contributed by atoms with E-state index in [0.29, 0.717) is 19.1 Å². The summed E-state index contributed by atoms with van der Waals surface area (Å²) in [5.41, 5.74) is 0. The summed E-state index contributed by atoms with van der Waals surface area (Å²) >= 11 is 0. The Balaban J connectivity index is 0.00000300. The normalized spacial score (nSPS) is 16.4. The van der Waals surface area contributed by atoms with E-state index in [2.05, 4.69) is 51.0 Å². The number of imidazole rings is 1. The van der Waals surface area contributed by atoms with Crippen LogP contribution in [0.4, 0.5) is 0 Å². The third kappa shape index (κ3) is 6.66. The average molecular weight is 516 g/mol. The summed E-state index contributed by atoms with van der Waals surface area (Å²) < 4.78 is 9.30. The van der Waals surface area contributed by atoms with Gasteiger partial charge in [-0.25, -0.2) is 19.6 Å². The highest BCUT2D eigenvalue weighted by atomic mass is 127. The average Bonchev–Trinajstić information content (AvgIpc) is 3.25. The highest BCUT2D eigenvalue weighted by molar-refractivity contribution is 14.0. The Hall–Kier alpha value is -1.69. The second-order valence-corrected chi connectivity index (χ2v) is 7.52. The first-order valence-corrected chi connectivity index (χ1v) is 10.1. The molecule has 2 aromatic heterocycles. The quantitative estimate of drug-likeness (QED) is 0.317. The number of halogens is 1. The summed E-state index contributed by atoms with van der Waals surface area (Å²) in [5.74, 6) is 4.15. The number of aliphatic imine (C=N–C) groups is 1. The molecule has 2 N–H and O–H groups in total. The molecule has 2 aromatic rings. The molecule has 0 amide bonds. The molecule has 0 aromatic carbocycles. The molecule has 0 bridgehead atoms. The van der Waals surface area contributed by atoms with Gasteiger partial charge in [-0.15, -0.1) is 24.0 Å². The molecule has 3 rings (SSSR count). The number of nitrogens with zero attached hydrogens (tertiary/aromatic N) is 6. The van der Waals surface area contributed by atoms with Gasteiger partial charge in [0.2, 0.25) is 0 Å². The van der Waals surface area contributed by atoms with Crippen molar-refractivity contribution in [1.29, 1.82) is 0 Å². The number of ether oxygens (including phenoxy) is 1. The van der Waals surface area contributed by atoms with Gasteiger partial charge in [-0.2, -0.15) is 5.10 Å². The number of aryl methyl sites for hydroxylation is 1. The minimum absolute atomic E-state index is 0. The molecule has 0 saturated heterocycles. The molecular formula is C19H33IN8O. The maximum atomic E-state index is 5.14. The van der Waals surface area contributed by atoms with Crippen LogP contribution in [0, 0.1) is 5.92 Å². The fourth-order valence-electron chi connectivity index (χ4n) is 3.38.